The molecule has 0 aromatic heterocycles. The van der Waals surface area contributed by atoms with Gasteiger partial charge >= 0.3 is 5.97 Å². The number of aliphatic carboxylic acids is 1. The van der Waals surface area contributed by atoms with Gasteiger partial charge in [-0.05, 0) is 18.2 Å². The molecule has 0 radical (unpaired) electrons. The Morgan fingerprint density at radius 3 is 2.79 bits per heavy atom. The Balaban J connectivity index is 2.54. The zero-order valence-electron chi connectivity index (χ0n) is 7.43. The molecule has 0 atom stereocenters. The molecule has 0 aliphatic rings. The summed E-state index contributed by atoms with van der Waals surface area (Å²) in [6.45, 7) is 3.41. The average molecular weight is 210 g/mol. The number of thioether (sulfide) groups is 1. The van der Waals surface area contributed by atoms with Gasteiger partial charge in [0.15, 0.2) is 0 Å². The maximum Gasteiger partial charge on any atom is 0.331 e. The number of rotatable bonds is 4. The van der Waals surface area contributed by atoms with E-state index in [2.05, 4.69) is 6.58 Å². The lowest BCUT2D eigenvalue weighted by Crippen LogP contribution is -2.00. The number of carboxylic acids is 1. The molecule has 4 heteroatoms. The fourth-order valence-electron chi connectivity index (χ4n) is 0.805. The molecular weight excluding hydrogens is 200 g/mol. The number of phenolic OH excluding ortho intramolecular Hbond substituents is 1. The Bertz CT molecular complexity index is 360. The predicted octanol–water partition coefficient (Wildman–Crippen LogP) is 2.13. The Morgan fingerprint density at radius 1 is 1.50 bits per heavy atom. The lowest BCUT2D eigenvalue weighted by Gasteiger charge is -2.01. The summed E-state index contributed by atoms with van der Waals surface area (Å²) in [5.41, 5.74) is 0.151. The molecule has 74 valence electrons. The minimum Gasteiger partial charge on any atom is -0.508 e. The second-order valence-electron chi connectivity index (χ2n) is 2.69. The van der Waals surface area contributed by atoms with Crippen LogP contribution in [-0.4, -0.2) is 21.9 Å². The standard InChI is InChI=1S/C10H10O3S/c1-7(10(12)13)6-14-9-4-2-3-8(11)5-9/h2-5,11H,1,6H2,(H,12,13). The van der Waals surface area contributed by atoms with E-state index in [4.69, 9.17) is 10.2 Å². The number of benzene rings is 1. The highest BCUT2D eigenvalue weighted by Gasteiger charge is 2.04. The lowest BCUT2D eigenvalue weighted by molar-refractivity contribution is -0.132. The third-order valence-electron chi connectivity index (χ3n) is 1.53. The first kappa shape index (κ1) is 10.7. The van der Waals surface area contributed by atoms with Gasteiger partial charge in [0.25, 0.3) is 0 Å². The van der Waals surface area contributed by atoms with Crippen molar-refractivity contribution >= 4 is 17.7 Å². The van der Waals surface area contributed by atoms with Gasteiger partial charge in [0.1, 0.15) is 5.75 Å². The molecule has 2 N–H and O–H groups in total. The number of aromatic hydroxyl groups is 1. The first-order chi connectivity index (χ1) is 6.59. The van der Waals surface area contributed by atoms with Gasteiger partial charge in [-0.2, -0.15) is 0 Å². The van der Waals surface area contributed by atoms with E-state index in [1.807, 2.05) is 0 Å². The van der Waals surface area contributed by atoms with Crippen molar-refractivity contribution in [3.63, 3.8) is 0 Å². The van der Waals surface area contributed by atoms with Crippen LogP contribution in [0.4, 0.5) is 0 Å². The van der Waals surface area contributed by atoms with E-state index in [1.165, 1.54) is 11.8 Å². The van der Waals surface area contributed by atoms with E-state index in [-0.39, 0.29) is 11.3 Å². The molecule has 1 rings (SSSR count). The molecule has 0 fully saturated rings. The van der Waals surface area contributed by atoms with Crippen LogP contribution >= 0.6 is 11.8 Å². The number of carbonyl (C=O) groups is 1. The van der Waals surface area contributed by atoms with E-state index in [0.717, 1.165) is 4.90 Å². The van der Waals surface area contributed by atoms with Gasteiger partial charge in [0.05, 0.1) is 0 Å². The van der Waals surface area contributed by atoms with Crippen molar-refractivity contribution in [1.82, 2.24) is 0 Å². The quantitative estimate of drug-likeness (QED) is 0.590. The first-order valence-electron chi connectivity index (χ1n) is 3.92. The van der Waals surface area contributed by atoms with E-state index < -0.39 is 5.97 Å². The second kappa shape index (κ2) is 4.72. The fraction of sp³-hybridized carbons (Fsp3) is 0.100. The van der Waals surface area contributed by atoms with E-state index in [1.54, 1.807) is 24.3 Å². The van der Waals surface area contributed by atoms with E-state index in [9.17, 15) is 4.79 Å². The summed E-state index contributed by atoms with van der Waals surface area (Å²) < 4.78 is 0. The van der Waals surface area contributed by atoms with Crippen LogP contribution in [0.3, 0.4) is 0 Å². The highest BCUT2D eigenvalue weighted by atomic mass is 32.2. The van der Waals surface area contributed by atoms with Crippen LogP contribution in [0.15, 0.2) is 41.3 Å². The van der Waals surface area contributed by atoms with Crippen LogP contribution < -0.4 is 0 Å². The Labute approximate surface area is 86.1 Å². The fourth-order valence-corrected chi connectivity index (χ4v) is 1.65. The summed E-state index contributed by atoms with van der Waals surface area (Å²) in [5, 5.41) is 17.7. The molecule has 0 aliphatic heterocycles. The second-order valence-corrected chi connectivity index (χ2v) is 3.74. The topological polar surface area (TPSA) is 57.5 Å². The minimum atomic E-state index is -0.988. The van der Waals surface area contributed by atoms with Crippen molar-refractivity contribution in [3.8, 4) is 5.75 Å². The molecule has 14 heavy (non-hydrogen) atoms. The van der Waals surface area contributed by atoms with E-state index in [0.29, 0.717) is 5.75 Å². The van der Waals surface area contributed by atoms with Gasteiger partial charge < -0.3 is 10.2 Å². The first-order valence-corrected chi connectivity index (χ1v) is 4.91. The van der Waals surface area contributed by atoms with Gasteiger partial charge in [0.2, 0.25) is 0 Å². The molecule has 0 bridgehead atoms. The van der Waals surface area contributed by atoms with Gasteiger partial charge in [0, 0.05) is 16.2 Å². The van der Waals surface area contributed by atoms with Crippen LogP contribution in [0, 0.1) is 0 Å². The van der Waals surface area contributed by atoms with Gasteiger partial charge in [-0.3, -0.25) is 0 Å². The normalized spacial score (nSPS) is 9.71. The van der Waals surface area contributed by atoms with Crippen molar-refractivity contribution in [2.75, 3.05) is 5.75 Å². The third-order valence-corrected chi connectivity index (χ3v) is 2.61. The lowest BCUT2D eigenvalue weighted by atomic mass is 10.3. The number of phenols is 1. The molecule has 0 spiro atoms. The van der Waals surface area contributed by atoms with Crippen LogP contribution in [0.5, 0.6) is 5.75 Å². The molecule has 1 aromatic carbocycles. The molecule has 0 saturated carbocycles. The summed E-state index contributed by atoms with van der Waals surface area (Å²) in [6.07, 6.45) is 0. The summed E-state index contributed by atoms with van der Waals surface area (Å²) in [7, 11) is 0. The molecule has 0 heterocycles. The van der Waals surface area contributed by atoms with Crippen molar-refractivity contribution in [2.45, 2.75) is 4.90 Å². The molecule has 1 aromatic rings. The molecule has 0 unspecified atom stereocenters. The number of carboxylic acid groups (broad SMARTS) is 1. The molecule has 0 aliphatic carbocycles. The molecule has 3 nitrogen and oxygen atoms in total. The highest BCUT2D eigenvalue weighted by Crippen LogP contribution is 2.23. The third kappa shape index (κ3) is 3.14. The van der Waals surface area contributed by atoms with Crippen LogP contribution in [0.2, 0.25) is 0 Å². The smallest absolute Gasteiger partial charge is 0.331 e. The minimum absolute atomic E-state index is 0.151. The monoisotopic (exact) mass is 210 g/mol. The largest absolute Gasteiger partial charge is 0.508 e. The highest BCUT2D eigenvalue weighted by molar-refractivity contribution is 7.99. The molecular formula is C10H10O3S. The van der Waals surface area contributed by atoms with Gasteiger partial charge in [-0.25, -0.2) is 4.79 Å². The number of hydrogen-bond donors (Lipinski definition) is 2. The average Bonchev–Trinajstić information content (AvgIpc) is 2.14. The van der Waals surface area contributed by atoms with Gasteiger partial charge in [-0.15, -0.1) is 11.8 Å². The zero-order chi connectivity index (χ0) is 10.6. The Kier molecular flexibility index (Phi) is 3.59. The van der Waals surface area contributed by atoms with Crippen molar-refractivity contribution < 1.29 is 15.0 Å². The Morgan fingerprint density at radius 2 is 2.21 bits per heavy atom. The van der Waals surface area contributed by atoms with Crippen LogP contribution in [-0.2, 0) is 4.79 Å². The van der Waals surface area contributed by atoms with E-state index >= 15 is 0 Å². The predicted molar refractivity (Wildman–Crippen MR) is 55.6 cm³/mol. The summed E-state index contributed by atoms with van der Waals surface area (Å²) in [4.78, 5) is 11.3. The maximum absolute atomic E-state index is 10.4. The van der Waals surface area contributed by atoms with Crippen molar-refractivity contribution in [1.29, 1.82) is 0 Å². The molecule has 0 saturated heterocycles. The van der Waals surface area contributed by atoms with Crippen LogP contribution in [0.1, 0.15) is 0 Å². The summed E-state index contributed by atoms with van der Waals surface area (Å²) >= 11 is 1.33. The number of hydrogen-bond acceptors (Lipinski definition) is 3. The van der Waals surface area contributed by atoms with Gasteiger partial charge in [-0.1, -0.05) is 12.6 Å². The summed E-state index contributed by atoms with van der Waals surface area (Å²) in [6, 6.07) is 6.66. The van der Waals surface area contributed by atoms with Crippen molar-refractivity contribution in [2.24, 2.45) is 0 Å². The SMILES string of the molecule is C=C(CSc1cccc(O)c1)C(=O)O. The summed E-state index contributed by atoms with van der Waals surface area (Å²) in [5.74, 6) is -0.493. The Hall–Kier alpha value is -1.42. The molecule has 0 amide bonds. The maximum atomic E-state index is 10.4. The van der Waals surface area contributed by atoms with Crippen molar-refractivity contribution in [3.05, 3.63) is 36.4 Å². The van der Waals surface area contributed by atoms with Crippen LogP contribution in [0.25, 0.3) is 0 Å². The zero-order valence-corrected chi connectivity index (χ0v) is 8.25.